The summed E-state index contributed by atoms with van der Waals surface area (Å²) < 4.78 is 1.02. The number of piperidine rings is 1. The van der Waals surface area contributed by atoms with E-state index in [2.05, 4.69) is 28.2 Å². The van der Waals surface area contributed by atoms with Gasteiger partial charge in [0.25, 0.3) is 5.91 Å². The van der Waals surface area contributed by atoms with Gasteiger partial charge in [0.15, 0.2) is 0 Å². The summed E-state index contributed by atoms with van der Waals surface area (Å²) in [5, 5.41) is 5.45. The quantitative estimate of drug-likeness (QED) is 0.886. The second-order valence-electron chi connectivity index (χ2n) is 5.04. The number of amides is 1. The highest BCUT2D eigenvalue weighted by molar-refractivity contribution is 9.11. The Morgan fingerprint density at radius 1 is 1.58 bits per heavy atom. The van der Waals surface area contributed by atoms with Crippen molar-refractivity contribution in [3.05, 3.63) is 20.8 Å². The number of carbonyl (C=O) groups excluding carboxylic acids is 1. The Bertz CT molecular complexity index is 415. The zero-order chi connectivity index (χ0) is 13.7. The molecule has 1 atom stereocenters. The maximum atomic E-state index is 12.5. The Hall–Kier alpha value is -0.390. The first-order valence-corrected chi connectivity index (χ1v) is 8.64. The molecule has 0 aliphatic carbocycles. The Kier molecular flexibility index (Phi) is 5.85. The van der Waals surface area contributed by atoms with Crippen molar-refractivity contribution in [1.82, 2.24) is 10.2 Å². The molecule has 1 aromatic heterocycles. The topological polar surface area (TPSA) is 32.3 Å². The highest BCUT2D eigenvalue weighted by atomic mass is 79.9. The second kappa shape index (κ2) is 7.41. The van der Waals surface area contributed by atoms with Crippen molar-refractivity contribution < 1.29 is 4.79 Å². The van der Waals surface area contributed by atoms with Crippen LogP contribution in [-0.2, 0) is 0 Å². The van der Waals surface area contributed by atoms with Crippen molar-refractivity contribution in [3.63, 3.8) is 0 Å². The van der Waals surface area contributed by atoms with E-state index in [-0.39, 0.29) is 5.91 Å². The van der Waals surface area contributed by atoms with Crippen LogP contribution in [0.1, 0.15) is 43.0 Å². The smallest absolute Gasteiger partial charge is 0.254 e. The van der Waals surface area contributed by atoms with Gasteiger partial charge in [0, 0.05) is 24.5 Å². The van der Waals surface area contributed by atoms with Crippen LogP contribution < -0.4 is 5.32 Å². The van der Waals surface area contributed by atoms with Crippen LogP contribution in [0.15, 0.2) is 15.2 Å². The van der Waals surface area contributed by atoms with Gasteiger partial charge in [-0.1, -0.05) is 13.3 Å². The van der Waals surface area contributed by atoms with Gasteiger partial charge in [-0.2, -0.15) is 0 Å². The average Bonchev–Trinajstić information content (AvgIpc) is 2.85. The molecule has 1 saturated heterocycles. The van der Waals surface area contributed by atoms with Gasteiger partial charge in [-0.05, 0) is 47.8 Å². The summed E-state index contributed by atoms with van der Waals surface area (Å²) in [7, 11) is 0. The molecular weight excluding hydrogens is 324 g/mol. The summed E-state index contributed by atoms with van der Waals surface area (Å²) in [6.45, 7) is 4.88. The maximum absolute atomic E-state index is 12.5. The molecule has 3 nitrogen and oxygen atoms in total. The Balaban J connectivity index is 1.99. The molecule has 1 unspecified atom stereocenters. The monoisotopic (exact) mass is 344 g/mol. The molecule has 1 aliphatic heterocycles. The van der Waals surface area contributed by atoms with Gasteiger partial charge >= 0.3 is 0 Å². The third-order valence-electron chi connectivity index (χ3n) is 3.45. The maximum Gasteiger partial charge on any atom is 0.254 e. The number of hydrogen-bond acceptors (Lipinski definition) is 3. The third-order valence-corrected chi connectivity index (χ3v) is 4.95. The summed E-state index contributed by atoms with van der Waals surface area (Å²) in [5.41, 5.74) is 0.807. The summed E-state index contributed by atoms with van der Waals surface area (Å²) in [4.78, 5) is 14.5. The fourth-order valence-electron chi connectivity index (χ4n) is 2.50. The summed E-state index contributed by atoms with van der Waals surface area (Å²) in [6.07, 6.45) is 4.72. The largest absolute Gasteiger partial charge is 0.337 e. The van der Waals surface area contributed by atoms with Gasteiger partial charge in [0.2, 0.25) is 0 Å². The molecule has 1 aliphatic rings. The van der Waals surface area contributed by atoms with Crippen LogP contribution in [0.4, 0.5) is 0 Å². The number of carbonyl (C=O) groups is 1. The molecule has 0 radical (unpaired) electrons. The Morgan fingerprint density at radius 2 is 2.42 bits per heavy atom. The number of nitrogens with zero attached hydrogens (tertiary/aromatic N) is 1. The predicted octanol–water partition coefficient (Wildman–Crippen LogP) is 3.50. The number of nitrogens with one attached hydrogen (secondary N) is 1. The van der Waals surface area contributed by atoms with Gasteiger partial charge in [-0.3, -0.25) is 4.79 Å². The lowest BCUT2D eigenvalue weighted by Crippen LogP contribution is -2.46. The molecule has 2 heterocycles. The number of thiophene rings is 1. The fraction of sp³-hybridized carbons (Fsp3) is 0.643. The molecule has 0 aromatic carbocycles. The van der Waals surface area contributed by atoms with Crippen molar-refractivity contribution in [2.75, 3.05) is 19.6 Å². The fourth-order valence-corrected chi connectivity index (χ4v) is 3.63. The normalized spacial score (nSPS) is 19.4. The molecule has 0 bridgehead atoms. The van der Waals surface area contributed by atoms with Crippen LogP contribution >= 0.6 is 27.3 Å². The highest BCUT2D eigenvalue weighted by Crippen LogP contribution is 2.22. The van der Waals surface area contributed by atoms with Crippen molar-refractivity contribution in [3.8, 4) is 0 Å². The van der Waals surface area contributed by atoms with Crippen LogP contribution in [0.25, 0.3) is 0 Å². The van der Waals surface area contributed by atoms with Crippen molar-refractivity contribution in [2.45, 2.75) is 38.6 Å². The van der Waals surface area contributed by atoms with Crippen LogP contribution in [0.5, 0.6) is 0 Å². The molecule has 2 rings (SSSR count). The Labute approximate surface area is 127 Å². The van der Waals surface area contributed by atoms with Crippen LogP contribution in [-0.4, -0.2) is 36.5 Å². The Morgan fingerprint density at radius 3 is 3.00 bits per heavy atom. The molecule has 106 valence electrons. The van der Waals surface area contributed by atoms with Gasteiger partial charge in [0.1, 0.15) is 0 Å². The van der Waals surface area contributed by atoms with Crippen LogP contribution in [0.2, 0.25) is 0 Å². The van der Waals surface area contributed by atoms with Gasteiger partial charge in [-0.25, -0.2) is 0 Å². The number of hydrogen-bond donors (Lipinski definition) is 1. The molecule has 1 amide bonds. The highest BCUT2D eigenvalue weighted by Gasteiger charge is 2.21. The van der Waals surface area contributed by atoms with E-state index in [1.54, 1.807) is 11.3 Å². The molecular formula is C14H21BrN2OS. The first kappa shape index (κ1) is 15.0. The van der Waals surface area contributed by atoms with E-state index in [0.29, 0.717) is 6.04 Å². The zero-order valence-electron chi connectivity index (χ0n) is 11.3. The lowest BCUT2D eigenvalue weighted by Gasteiger charge is -2.30. The molecule has 19 heavy (non-hydrogen) atoms. The lowest BCUT2D eigenvalue weighted by atomic mass is 10.0. The first-order chi connectivity index (χ1) is 9.20. The van der Waals surface area contributed by atoms with Gasteiger partial charge in [-0.15, -0.1) is 11.3 Å². The molecule has 1 aromatic rings. The standard InChI is InChI=1S/C14H21BrN2OS/c1-2-7-17(9-12-5-3-4-6-16-12)14(18)11-8-13(15)19-10-11/h8,10,12,16H,2-7,9H2,1H3. The van der Waals surface area contributed by atoms with Gasteiger partial charge < -0.3 is 10.2 Å². The van der Waals surface area contributed by atoms with E-state index in [1.165, 1.54) is 19.3 Å². The lowest BCUT2D eigenvalue weighted by molar-refractivity contribution is 0.0732. The molecule has 1 fully saturated rings. The van der Waals surface area contributed by atoms with E-state index in [4.69, 9.17) is 0 Å². The summed E-state index contributed by atoms with van der Waals surface area (Å²) in [5.74, 6) is 0.163. The minimum Gasteiger partial charge on any atom is -0.337 e. The molecule has 1 N–H and O–H groups in total. The van der Waals surface area contributed by atoms with E-state index < -0.39 is 0 Å². The second-order valence-corrected chi connectivity index (χ2v) is 7.33. The van der Waals surface area contributed by atoms with E-state index in [1.807, 2.05) is 16.3 Å². The van der Waals surface area contributed by atoms with E-state index in [0.717, 1.165) is 35.4 Å². The predicted molar refractivity (Wildman–Crippen MR) is 83.9 cm³/mol. The first-order valence-electron chi connectivity index (χ1n) is 6.97. The van der Waals surface area contributed by atoms with E-state index in [9.17, 15) is 4.79 Å². The number of halogens is 1. The number of rotatable bonds is 5. The molecule has 0 spiro atoms. The average molecular weight is 345 g/mol. The van der Waals surface area contributed by atoms with Crippen LogP contribution in [0, 0.1) is 0 Å². The summed E-state index contributed by atoms with van der Waals surface area (Å²) >= 11 is 4.99. The van der Waals surface area contributed by atoms with Crippen molar-refractivity contribution in [1.29, 1.82) is 0 Å². The molecule has 5 heteroatoms. The van der Waals surface area contributed by atoms with Crippen LogP contribution in [0.3, 0.4) is 0 Å². The SMILES string of the molecule is CCCN(CC1CCCCN1)C(=O)c1csc(Br)c1. The zero-order valence-corrected chi connectivity index (χ0v) is 13.7. The molecule has 0 saturated carbocycles. The van der Waals surface area contributed by atoms with E-state index >= 15 is 0 Å². The van der Waals surface area contributed by atoms with Gasteiger partial charge in [0.05, 0.1) is 9.35 Å². The minimum absolute atomic E-state index is 0.163. The minimum atomic E-state index is 0.163. The van der Waals surface area contributed by atoms with Crippen molar-refractivity contribution >= 4 is 33.2 Å². The summed E-state index contributed by atoms with van der Waals surface area (Å²) in [6, 6.07) is 2.38. The third kappa shape index (κ3) is 4.29. The van der Waals surface area contributed by atoms with Crippen molar-refractivity contribution in [2.24, 2.45) is 0 Å².